The van der Waals surface area contributed by atoms with Gasteiger partial charge in [-0.25, -0.2) is 0 Å². The second-order valence-corrected chi connectivity index (χ2v) is 5.91. The number of hydrogen-bond donors (Lipinski definition) is 1. The molecule has 0 spiro atoms. The number of likely N-dealkylation sites (N-methyl/N-ethyl adjacent to an activating group) is 1. The number of pyridine rings is 1. The van der Waals surface area contributed by atoms with E-state index >= 15 is 0 Å². The van der Waals surface area contributed by atoms with Crippen molar-refractivity contribution in [3.63, 3.8) is 0 Å². The van der Waals surface area contributed by atoms with Crippen molar-refractivity contribution in [2.45, 2.75) is 31.7 Å². The SMILES string of the molecule is CC(c1ccncc1)N(C)CC(O)Cc1ccccc1C(F)(F)F. The van der Waals surface area contributed by atoms with Gasteiger partial charge < -0.3 is 5.11 Å². The van der Waals surface area contributed by atoms with Crippen LogP contribution in [-0.4, -0.2) is 34.7 Å². The minimum Gasteiger partial charge on any atom is -0.391 e. The lowest BCUT2D eigenvalue weighted by Crippen LogP contribution is -2.33. The topological polar surface area (TPSA) is 36.4 Å². The molecule has 130 valence electrons. The van der Waals surface area contributed by atoms with Gasteiger partial charge in [0.15, 0.2) is 0 Å². The van der Waals surface area contributed by atoms with E-state index in [1.165, 1.54) is 12.1 Å². The van der Waals surface area contributed by atoms with E-state index in [4.69, 9.17) is 0 Å². The summed E-state index contributed by atoms with van der Waals surface area (Å²) in [6.45, 7) is 2.25. The first-order chi connectivity index (χ1) is 11.3. The molecule has 24 heavy (non-hydrogen) atoms. The molecule has 6 heteroatoms. The van der Waals surface area contributed by atoms with E-state index < -0.39 is 17.8 Å². The molecule has 1 heterocycles. The Hall–Kier alpha value is -1.92. The maximum Gasteiger partial charge on any atom is 0.416 e. The Balaban J connectivity index is 2.02. The predicted molar refractivity (Wildman–Crippen MR) is 86.4 cm³/mol. The molecule has 1 aromatic carbocycles. The van der Waals surface area contributed by atoms with E-state index in [1.54, 1.807) is 18.5 Å². The number of aliphatic hydroxyl groups is 1. The van der Waals surface area contributed by atoms with E-state index in [0.717, 1.165) is 11.6 Å². The Kier molecular flexibility index (Phi) is 5.96. The molecule has 2 unspecified atom stereocenters. The summed E-state index contributed by atoms with van der Waals surface area (Å²) >= 11 is 0. The van der Waals surface area contributed by atoms with E-state index in [9.17, 15) is 18.3 Å². The van der Waals surface area contributed by atoms with Crippen LogP contribution in [-0.2, 0) is 12.6 Å². The van der Waals surface area contributed by atoms with E-state index in [1.807, 2.05) is 31.0 Å². The summed E-state index contributed by atoms with van der Waals surface area (Å²) in [6, 6.07) is 9.17. The molecule has 0 aliphatic rings. The third kappa shape index (κ3) is 4.79. The second-order valence-electron chi connectivity index (χ2n) is 5.91. The summed E-state index contributed by atoms with van der Waals surface area (Å²) in [4.78, 5) is 5.88. The smallest absolute Gasteiger partial charge is 0.391 e. The van der Waals surface area contributed by atoms with Crippen LogP contribution in [0.5, 0.6) is 0 Å². The maximum absolute atomic E-state index is 13.0. The lowest BCUT2D eigenvalue weighted by molar-refractivity contribution is -0.138. The lowest BCUT2D eigenvalue weighted by atomic mass is 10.0. The standard InChI is InChI=1S/C18H21F3N2O/c1-13(14-7-9-22-10-8-14)23(2)12-16(24)11-15-5-3-4-6-17(15)18(19,20)21/h3-10,13,16,24H,11-12H2,1-2H3. The summed E-state index contributed by atoms with van der Waals surface area (Å²) in [7, 11) is 1.84. The average Bonchev–Trinajstić information content (AvgIpc) is 2.54. The van der Waals surface area contributed by atoms with Crippen molar-refractivity contribution in [2.24, 2.45) is 0 Å². The maximum atomic E-state index is 13.0. The van der Waals surface area contributed by atoms with Crippen molar-refractivity contribution in [2.75, 3.05) is 13.6 Å². The van der Waals surface area contributed by atoms with Crippen molar-refractivity contribution in [3.05, 3.63) is 65.5 Å². The number of aromatic nitrogens is 1. The van der Waals surface area contributed by atoms with Crippen molar-refractivity contribution in [1.29, 1.82) is 0 Å². The zero-order valence-electron chi connectivity index (χ0n) is 13.7. The molecule has 2 aromatic rings. The van der Waals surface area contributed by atoms with E-state index in [0.29, 0.717) is 0 Å². The molecular formula is C18H21F3N2O. The highest BCUT2D eigenvalue weighted by Crippen LogP contribution is 2.32. The number of rotatable bonds is 6. The third-order valence-electron chi connectivity index (χ3n) is 4.13. The Labute approximate surface area is 139 Å². The van der Waals surface area contributed by atoms with Gasteiger partial charge in [-0.2, -0.15) is 13.2 Å². The van der Waals surface area contributed by atoms with Gasteiger partial charge in [0.05, 0.1) is 11.7 Å². The molecule has 0 bridgehead atoms. The first-order valence-corrected chi connectivity index (χ1v) is 7.72. The Morgan fingerprint density at radius 3 is 2.38 bits per heavy atom. The summed E-state index contributed by atoms with van der Waals surface area (Å²) in [5.74, 6) is 0. The summed E-state index contributed by atoms with van der Waals surface area (Å²) in [6.07, 6.45) is -1.95. The number of nitrogens with zero attached hydrogens (tertiary/aromatic N) is 2. The van der Waals surface area contributed by atoms with Gasteiger partial charge in [-0.15, -0.1) is 0 Å². The lowest BCUT2D eigenvalue weighted by Gasteiger charge is -2.27. The Bertz CT molecular complexity index is 646. The van der Waals surface area contributed by atoms with Gasteiger partial charge in [0.1, 0.15) is 0 Å². The van der Waals surface area contributed by atoms with Crippen molar-refractivity contribution in [1.82, 2.24) is 9.88 Å². The number of aliphatic hydroxyl groups excluding tert-OH is 1. The molecule has 1 aromatic heterocycles. The van der Waals surface area contributed by atoms with Crippen LogP contribution in [0.2, 0.25) is 0 Å². The fourth-order valence-corrected chi connectivity index (χ4v) is 2.68. The van der Waals surface area contributed by atoms with Crippen LogP contribution in [0, 0.1) is 0 Å². The highest BCUT2D eigenvalue weighted by Gasteiger charge is 2.33. The van der Waals surface area contributed by atoms with Crippen LogP contribution in [0.25, 0.3) is 0 Å². The molecule has 3 nitrogen and oxygen atoms in total. The molecule has 0 amide bonds. The molecule has 0 aliphatic carbocycles. The quantitative estimate of drug-likeness (QED) is 0.872. The Morgan fingerprint density at radius 2 is 1.75 bits per heavy atom. The van der Waals surface area contributed by atoms with Crippen LogP contribution >= 0.6 is 0 Å². The molecular weight excluding hydrogens is 317 g/mol. The number of hydrogen-bond acceptors (Lipinski definition) is 3. The molecule has 0 fully saturated rings. The zero-order chi connectivity index (χ0) is 17.7. The molecule has 0 saturated carbocycles. The summed E-state index contributed by atoms with van der Waals surface area (Å²) in [5.41, 5.74) is 0.465. The Morgan fingerprint density at radius 1 is 1.12 bits per heavy atom. The molecule has 2 atom stereocenters. The third-order valence-corrected chi connectivity index (χ3v) is 4.13. The predicted octanol–water partition coefficient (Wildman–Crippen LogP) is 3.70. The fraction of sp³-hybridized carbons (Fsp3) is 0.389. The highest BCUT2D eigenvalue weighted by atomic mass is 19.4. The highest BCUT2D eigenvalue weighted by molar-refractivity contribution is 5.30. The van der Waals surface area contributed by atoms with Crippen molar-refractivity contribution >= 4 is 0 Å². The molecule has 1 N–H and O–H groups in total. The normalized spacial score (nSPS) is 14.6. The zero-order valence-corrected chi connectivity index (χ0v) is 13.7. The minimum atomic E-state index is -4.41. The van der Waals surface area contributed by atoms with Gasteiger partial charge in [0.2, 0.25) is 0 Å². The summed E-state index contributed by atoms with van der Waals surface area (Å²) < 4.78 is 39.0. The van der Waals surface area contributed by atoms with Crippen molar-refractivity contribution < 1.29 is 18.3 Å². The van der Waals surface area contributed by atoms with Gasteiger partial charge in [0.25, 0.3) is 0 Å². The minimum absolute atomic E-state index is 0.0282. The number of benzene rings is 1. The second kappa shape index (κ2) is 7.77. The monoisotopic (exact) mass is 338 g/mol. The van der Waals surface area contributed by atoms with Crippen LogP contribution in [0.1, 0.15) is 29.7 Å². The van der Waals surface area contributed by atoms with Crippen molar-refractivity contribution in [3.8, 4) is 0 Å². The first-order valence-electron chi connectivity index (χ1n) is 7.72. The van der Waals surface area contributed by atoms with Crippen LogP contribution < -0.4 is 0 Å². The van der Waals surface area contributed by atoms with Gasteiger partial charge >= 0.3 is 6.18 Å². The molecule has 0 saturated heterocycles. The van der Waals surface area contributed by atoms with E-state index in [-0.39, 0.29) is 24.6 Å². The van der Waals surface area contributed by atoms with Gasteiger partial charge in [-0.1, -0.05) is 18.2 Å². The molecule has 2 rings (SSSR count). The van der Waals surface area contributed by atoms with Gasteiger partial charge in [0, 0.05) is 31.4 Å². The van der Waals surface area contributed by atoms with E-state index in [2.05, 4.69) is 4.98 Å². The molecule has 0 aliphatic heterocycles. The van der Waals surface area contributed by atoms with Gasteiger partial charge in [-0.3, -0.25) is 9.88 Å². The number of alkyl halides is 3. The van der Waals surface area contributed by atoms with Crippen LogP contribution in [0.3, 0.4) is 0 Å². The largest absolute Gasteiger partial charge is 0.416 e. The van der Waals surface area contributed by atoms with Crippen LogP contribution in [0.15, 0.2) is 48.8 Å². The number of halogens is 3. The average molecular weight is 338 g/mol. The summed E-state index contributed by atoms with van der Waals surface area (Å²) in [5, 5.41) is 10.2. The first kappa shape index (κ1) is 18.4. The van der Waals surface area contributed by atoms with Crippen LogP contribution in [0.4, 0.5) is 13.2 Å². The van der Waals surface area contributed by atoms with Gasteiger partial charge in [-0.05, 0) is 43.3 Å². The molecule has 0 radical (unpaired) electrons. The fourth-order valence-electron chi connectivity index (χ4n) is 2.68.